The van der Waals surface area contributed by atoms with Gasteiger partial charge in [0.05, 0.1) is 0 Å². The highest BCUT2D eigenvalue weighted by Crippen LogP contribution is 2.31. The van der Waals surface area contributed by atoms with Crippen molar-refractivity contribution in [3.63, 3.8) is 0 Å². The van der Waals surface area contributed by atoms with Crippen LogP contribution in [-0.4, -0.2) is 12.1 Å². The fraction of sp³-hybridized carbons (Fsp3) is 0.812. The molecule has 0 aromatic carbocycles. The molecule has 0 saturated heterocycles. The highest BCUT2D eigenvalue weighted by atomic mass is 16.5. The molecule has 0 heterocycles. The average Bonchev–Trinajstić information content (AvgIpc) is 2.40. The van der Waals surface area contributed by atoms with Crippen molar-refractivity contribution in [2.45, 2.75) is 77.2 Å². The van der Waals surface area contributed by atoms with Crippen LogP contribution in [0.1, 0.15) is 71.1 Å². The lowest BCUT2D eigenvalue weighted by Crippen LogP contribution is -2.29. The number of hydrogen-bond acceptors (Lipinski definition) is 2. The lowest BCUT2D eigenvalue weighted by atomic mass is 9.83. The van der Waals surface area contributed by atoms with Gasteiger partial charge in [-0.25, -0.2) is 4.79 Å². The summed E-state index contributed by atoms with van der Waals surface area (Å²) in [6.07, 6.45) is 14.0. The van der Waals surface area contributed by atoms with Crippen LogP contribution < -0.4 is 0 Å². The molecule has 2 nitrogen and oxygen atoms in total. The van der Waals surface area contributed by atoms with E-state index in [9.17, 15) is 4.79 Å². The number of unbranched alkanes of at least 4 members (excludes halogenated alkanes) is 4. The van der Waals surface area contributed by atoms with E-state index < -0.39 is 0 Å². The first-order valence-electron chi connectivity index (χ1n) is 7.61. The minimum absolute atomic E-state index is 0.149. The van der Waals surface area contributed by atoms with Gasteiger partial charge in [0, 0.05) is 6.08 Å². The van der Waals surface area contributed by atoms with Crippen molar-refractivity contribution in [2.75, 3.05) is 0 Å². The molecule has 1 fully saturated rings. The van der Waals surface area contributed by atoms with Gasteiger partial charge in [-0.1, -0.05) is 52.0 Å². The first-order valence-corrected chi connectivity index (χ1v) is 7.61. The molecule has 0 amide bonds. The molecule has 18 heavy (non-hydrogen) atoms. The maximum absolute atomic E-state index is 11.3. The second-order valence-corrected chi connectivity index (χ2v) is 5.43. The Balaban J connectivity index is 2.26. The molecular weight excluding hydrogens is 224 g/mol. The average molecular weight is 252 g/mol. The van der Waals surface area contributed by atoms with Gasteiger partial charge < -0.3 is 4.74 Å². The molecule has 1 aliphatic carbocycles. The van der Waals surface area contributed by atoms with Crippen LogP contribution in [0.15, 0.2) is 12.7 Å². The zero-order chi connectivity index (χ0) is 13.2. The van der Waals surface area contributed by atoms with Crippen LogP contribution in [0.25, 0.3) is 0 Å². The molecule has 0 radical (unpaired) electrons. The van der Waals surface area contributed by atoms with Crippen molar-refractivity contribution < 1.29 is 9.53 Å². The monoisotopic (exact) mass is 252 g/mol. The first kappa shape index (κ1) is 15.3. The molecule has 2 unspecified atom stereocenters. The summed E-state index contributed by atoms with van der Waals surface area (Å²) in [6, 6.07) is 0. The summed E-state index contributed by atoms with van der Waals surface area (Å²) in [5, 5.41) is 0. The van der Waals surface area contributed by atoms with Gasteiger partial charge in [0.2, 0.25) is 0 Å². The Kier molecular flexibility index (Phi) is 7.79. The fourth-order valence-corrected chi connectivity index (χ4v) is 2.87. The zero-order valence-electron chi connectivity index (χ0n) is 11.8. The standard InChI is InChI=1S/C16H28O2/c1-3-5-6-7-8-11-14-12-9-10-13-15(14)18-16(17)4-2/h4,14-15H,2-3,5-13H2,1H3. The Labute approximate surface area is 112 Å². The van der Waals surface area contributed by atoms with Crippen LogP contribution in [0, 0.1) is 5.92 Å². The van der Waals surface area contributed by atoms with E-state index in [1.165, 1.54) is 63.9 Å². The van der Waals surface area contributed by atoms with Crippen LogP contribution in [0.4, 0.5) is 0 Å². The van der Waals surface area contributed by atoms with Gasteiger partial charge in [-0.3, -0.25) is 0 Å². The molecule has 1 aliphatic rings. The summed E-state index contributed by atoms with van der Waals surface area (Å²) in [4.78, 5) is 11.3. The Hall–Kier alpha value is -0.790. The van der Waals surface area contributed by atoms with Crippen LogP contribution in [-0.2, 0) is 9.53 Å². The maximum Gasteiger partial charge on any atom is 0.330 e. The summed E-state index contributed by atoms with van der Waals surface area (Å²) in [5.41, 5.74) is 0. The third kappa shape index (κ3) is 5.70. The summed E-state index contributed by atoms with van der Waals surface area (Å²) in [7, 11) is 0. The van der Waals surface area contributed by atoms with Crippen molar-refractivity contribution in [2.24, 2.45) is 5.92 Å². The quantitative estimate of drug-likeness (QED) is 0.357. The fourth-order valence-electron chi connectivity index (χ4n) is 2.87. The predicted molar refractivity (Wildman–Crippen MR) is 75.4 cm³/mol. The Morgan fingerprint density at radius 2 is 1.94 bits per heavy atom. The molecule has 0 aromatic rings. The van der Waals surface area contributed by atoms with Gasteiger partial charge in [0.25, 0.3) is 0 Å². The largest absolute Gasteiger partial charge is 0.459 e. The van der Waals surface area contributed by atoms with Gasteiger partial charge in [-0.05, 0) is 31.6 Å². The predicted octanol–water partition coefficient (Wildman–Crippen LogP) is 4.63. The van der Waals surface area contributed by atoms with E-state index in [1.54, 1.807) is 0 Å². The number of rotatable bonds is 8. The Bertz CT molecular complexity index is 247. The highest BCUT2D eigenvalue weighted by Gasteiger charge is 2.27. The van der Waals surface area contributed by atoms with Gasteiger partial charge in [0.1, 0.15) is 6.10 Å². The third-order valence-corrected chi connectivity index (χ3v) is 3.95. The summed E-state index contributed by atoms with van der Waals surface area (Å²) in [6.45, 7) is 5.71. The molecule has 2 atom stereocenters. The molecule has 0 bridgehead atoms. The first-order chi connectivity index (χ1) is 8.77. The smallest absolute Gasteiger partial charge is 0.330 e. The van der Waals surface area contributed by atoms with Crippen LogP contribution in [0.3, 0.4) is 0 Å². The summed E-state index contributed by atoms with van der Waals surface area (Å²) >= 11 is 0. The van der Waals surface area contributed by atoms with Gasteiger partial charge in [-0.2, -0.15) is 0 Å². The van der Waals surface area contributed by atoms with E-state index in [2.05, 4.69) is 13.5 Å². The lowest BCUT2D eigenvalue weighted by molar-refractivity contribution is -0.147. The number of ether oxygens (including phenoxy) is 1. The van der Waals surface area contributed by atoms with Crippen molar-refractivity contribution in [1.29, 1.82) is 0 Å². The minimum atomic E-state index is -0.252. The third-order valence-electron chi connectivity index (χ3n) is 3.95. The molecule has 104 valence electrons. The molecule has 0 spiro atoms. The van der Waals surface area contributed by atoms with Crippen molar-refractivity contribution in [3.8, 4) is 0 Å². The van der Waals surface area contributed by atoms with Crippen LogP contribution in [0.5, 0.6) is 0 Å². The van der Waals surface area contributed by atoms with Gasteiger partial charge in [-0.15, -0.1) is 0 Å². The van der Waals surface area contributed by atoms with Crippen molar-refractivity contribution in [1.82, 2.24) is 0 Å². The minimum Gasteiger partial charge on any atom is -0.459 e. The molecule has 1 rings (SSSR count). The molecule has 2 heteroatoms. The van der Waals surface area contributed by atoms with E-state index in [0.29, 0.717) is 5.92 Å². The van der Waals surface area contributed by atoms with E-state index in [-0.39, 0.29) is 12.1 Å². The second kappa shape index (κ2) is 9.18. The van der Waals surface area contributed by atoms with E-state index >= 15 is 0 Å². The Morgan fingerprint density at radius 3 is 2.67 bits per heavy atom. The highest BCUT2D eigenvalue weighted by molar-refractivity contribution is 5.81. The normalized spacial score (nSPS) is 23.6. The topological polar surface area (TPSA) is 26.3 Å². The van der Waals surface area contributed by atoms with E-state index in [0.717, 1.165) is 6.42 Å². The SMILES string of the molecule is C=CC(=O)OC1CCCCC1CCCCCCC. The van der Waals surface area contributed by atoms with Crippen molar-refractivity contribution >= 4 is 5.97 Å². The number of carbonyl (C=O) groups is 1. The van der Waals surface area contributed by atoms with E-state index in [4.69, 9.17) is 4.74 Å². The number of esters is 1. The molecule has 0 N–H and O–H groups in total. The second-order valence-electron chi connectivity index (χ2n) is 5.43. The maximum atomic E-state index is 11.3. The van der Waals surface area contributed by atoms with Gasteiger partial charge >= 0.3 is 5.97 Å². The van der Waals surface area contributed by atoms with Crippen LogP contribution >= 0.6 is 0 Å². The molecule has 1 saturated carbocycles. The zero-order valence-corrected chi connectivity index (χ0v) is 11.8. The molecule has 0 aliphatic heterocycles. The summed E-state index contributed by atoms with van der Waals surface area (Å²) in [5.74, 6) is 0.335. The Morgan fingerprint density at radius 1 is 1.22 bits per heavy atom. The number of carbonyl (C=O) groups excluding carboxylic acids is 1. The van der Waals surface area contributed by atoms with Gasteiger partial charge in [0.15, 0.2) is 0 Å². The number of hydrogen-bond donors (Lipinski definition) is 0. The molecule has 0 aromatic heterocycles. The lowest BCUT2D eigenvalue weighted by Gasteiger charge is -2.30. The summed E-state index contributed by atoms with van der Waals surface area (Å²) < 4.78 is 5.47. The molecular formula is C16H28O2. The van der Waals surface area contributed by atoms with E-state index in [1.807, 2.05) is 0 Å². The van der Waals surface area contributed by atoms with Crippen molar-refractivity contribution in [3.05, 3.63) is 12.7 Å². The van der Waals surface area contributed by atoms with Crippen LogP contribution in [0.2, 0.25) is 0 Å².